The van der Waals surface area contributed by atoms with Crippen molar-refractivity contribution in [2.24, 2.45) is 0 Å². The maximum absolute atomic E-state index is 11.5. The van der Waals surface area contributed by atoms with Crippen LogP contribution in [-0.4, -0.2) is 22.9 Å². The van der Waals surface area contributed by atoms with Crippen LogP contribution in [0.25, 0.3) is 5.69 Å². The number of carbonyl (C=O) groups excluding carboxylic acids is 1. The van der Waals surface area contributed by atoms with E-state index in [0.29, 0.717) is 11.3 Å². The van der Waals surface area contributed by atoms with Gasteiger partial charge >= 0.3 is 5.97 Å². The van der Waals surface area contributed by atoms with Crippen molar-refractivity contribution in [1.82, 2.24) is 9.78 Å². The minimum Gasteiger partial charge on any atom is -0.465 e. The second-order valence-corrected chi connectivity index (χ2v) is 2.96. The standard InChI is InChI=1S/C11H10N2O2/c1-15-11(14)9-5-2-3-6-10(9)13-8-4-7-12-13/h2-8H,1H3. The van der Waals surface area contributed by atoms with E-state index in [1.54, 1.807) is 35.3 Å². The lowest BCUT2D eigenvalue weighted by atomic mass is 10.2. The average Bonchev–Trinajstić information content (AvgIpc) is 2.81. The largest absolute Gasteiger partial charge is 0.465 e. The van der Waals surface area contributed by atoms with Crippen LogP contribution in [0, 0.1) is 0 Å². The molecule has 0 bridgehead atoms. The molecule has 1 heterocycles. The van der Waals surface area contributed by atoms with Crippen molar-refractivity contribution in [3.05, 3.63) is 48.3 Å². The molecule has 0 radical (unpaired) electrons. The van der Waals surface area contributed by atoms with E-state index >= 15 is 0 Å². The van der Waals surface area contributed by atoms with E-state index in [4.69, 9.17) is 4.74 Å². The van der Waals surface area contributed by atoms with E-state index in [0.717, 1.165) is 0 Å². The Morgan fingerprint density at radius 1 is 1.33 bits per heavy atom. The number of hydrogen-bond donors (Lipinski definition) is 0. The van der Waals surface area contributed by atoms with Gasteiger partial charge in [0.1, 0.15) is 0 Å². The van der Waals surface area contributed by atoms with E-state index in [-0.39, 0.29) is 5.97 Å². The first-order chi connectivity index (χ1) is 7.33. The summed E-state index contributed by atoms with van der Waals surface area (Å²) in [6.07, 6.45) is 3.44. The third-order valence-corrected chi connectivity index (χ3v) is 2.06. The molecule has 0 saturated heterocycles. The van der Waals surface area contributed by atoms with Gasteiger partial charge in [-0.2, -0.15) is 5.10 Å². The van der Waals surface area contributed by atoms with Gasteiger partial charge in [-0.05, 0) is 18.2 Å². The highest BCUT2D eigenvalue weighted by Crippen LogP contribution is 2.13. The number of esters is 1. The van der Waals surface area contributed by atoms with Gasteiger partial charge in [0.15, 0.2) is 0 Å². The Labute approximate surface area is 87.1 Å². The molecule has 15 heavy (non-hydrogen) atoms. The molecular weight excluding hydrogens is 192 g/mol. The molecule has 0 spiro atoms. The Hall–Kier alpha value is -2.10. The summed E-state index contributed by atoms with van der Waals surface area (Å²) in [5.74, 6) is -0.360. The van der Waals surface area contributed by atoms with E-state index in [2.05, 4.69) is 5.10 Å². The molecule has 0 saturated carbocycles. The van der Waals surface area contributed by atoms with Crippen LogP contribution in [0.1, 0.15) is 10.4 Å². The second-order valence-electron chi connectivity index (χ2n) is 2.96. The fourth-order valence-electron chi connectivity index (χ4n) is 1.37. The third-order valence-electron chi connectivity index (χ3n) is 2.06. The van der Waals surface area contributed by atoms with Crippen LogP contribution in [0.2, 0.25) is 0 Å². The van der Waals surface area contributed by atoms with Crippen molar-refractivity contribution in [2.45, 2.75) is 0 Å². The van der Waals surface area contributed by atoms with E-state index in [1.807, 2.05) is 12.1 Å². The molecule has 2 rings (SSSR count). The molecule has 0 N–H and O–H groups in total. The lowest BCUT2D eigenvalue weighted by Crippen LogP contribution is -2.07. The Bertz CT molecular complexity index is 463. The normalized spacial score (nSPS) is 9.93. The number of aromatic nitrogens is 2. The SMILES string of the molecule is COC(=O)c1ccccc1-n1cccn1. The second kappa shape index (κ2) is 3.96. The summed E-state index contributed by atoms with van der Waals surface area (Å²) in [7, 11) is 1.36. The number of rotatable bonds is 2. The van der Waals surface area contributed by atoms with Crippen LogP contribution in [0.3, 0.4) is 0 Å². The summed E-state index contributed by atoms with van der Waals surface area (Å²) >= 11 is 0. The zero-order chi connectivity index (χ0) is 10.7. The van der Waals surface area contributed by atoms with Crippen molar-refractivity contribution in [2.75, 3.05) is 7.11 Å². The Kier molecular flexibility index (Phi) is 2.49. The van der Waals surface area contributed by atoms with Gasteiger partial charge in [-0.25, -0.2) is 9.48 Å². The van der Waals surface area contributed by atoms with Crippen LogP contribution >= 0.6 is 0 Å². The molecular formula is C11H10N2O2. The number of benzene rings is 1. The van der Waals surface area contributed by atoms with Gasteiger partial charge in [0.2, 0.25) is 0 Å². The van der Waals surface area contributed by atoms with Crippen molar-refractivity contribution < 1.29 is 9.53 Å². The summed E-state index contributed by atoms with van der Waals surface area (Å²) in [5, 5.41) is 4.07. The number of nitrogens with zero attached hydrogens (tertiary/aromatic N) is 2. The Balaban J connectivity index is 2.52. The van der Waals surface area contributed by atoms with E-state index in [9.17, 15) is 4.79 Å². The third kappa shape index (κ3) is 1.74. The molecule has 1 aromatic heterocycles. The van der Waals surface area contributed by atoms with Gasteiger partial charge in [0, 0.05) is 12.4 Å². The van der Waals surface area contributed by atoms with Crippen molar-refractivity contribution in [3.8, 4) is 5.69 Å². The minimum absolute atomic E-state index is 0.360. The number of hydrogen-bond acceptors (Lipinski definition) is 3. The minimum atomic E-state index is -0.360. The van der Waals surface area contributed by atoms with Crippen molar-refractivity contribution in [1.29, 1.82) is 0 Å². The molecule has 0 fully saturated rings. The van der Waals surface area contributed by atoms with Gasteiger partial charge in [0.05, 0.1) is 18.4 Å². The molecule has 0 atom stereocenters. The first kappa shape index (κ1) is 9.45. The molecule has 0 unspecified atom stereocenters. The zero-order valence-electron chi connectivity index (χ0n) is 8.25. The van der Waals surface area contributed by atoms with Gasteiger partial charge in [-0.3, -0.25) is 0 Å². The van der Waals surface area contributed by atoms with Gasteiger partial charge in [-0.15, -0.1) is 0 Å². The first-order valence-electron chi connectivity index (χ1n) is 4.50. The number of para-hydroxylation sites is 1. The number of methoxy groups -OCH3 is 1. The van der Waals surface area contributed by atoms with Gasteiger partial charge < -0.3 is 4.74 Å². The fraction of sp³-hybridized carbons (Fsp3) is 0.0909. The summed E-state index contributed by atoms with van der Waals surface area (Å²) < 4.78 is 6.33. The number of ether oxygens (including phenoxy) is 1. The first-order valence-corrected chi connectivity index (χ1v) is 4.50. The van der Waals surface area contributed by atoms with Gasteiger partial charge in [-0.1, -0.05) is 12.1 Å². The highest BCUT2D eigenvalue weighted by Gasteiger charge is 2.11. The Morgan fingerprint density at radius 3 is 2.80 bits per heavy atom. The van der Waals surface area contributed by atoms with E-state index < -0.39 is 0 Å². The fourth-order valence-corrected chi connectivity index (χ4v) is 1.37. The summed E-state index contributed by atoms with van der Waals surface area (Å²) in [6.45, 7) is 0. The topological polar surface area (TPSA) is 44.1 Å². The molecule has 0 aliphatic rings. The van der Waals surface area contributed by atoms with Crippen LogP contribution in [0.5, 0.6) is 0 Å². The number of carbonyl (C=O) groups is 1. The van der Waals surface area contributed by atoms with Crippen LogP contribution in [-0.2, 0) is 4.74 Å². The monoisotopic (exact) mass is 202 g/mol. The molecule has 0 aliphatic carbocycles. The molecule has 4 nitrogen and oxygen atoms in total. The molecule has 0 amide bonds. The van der Waals surface area contributed by atoms with Crippen molar-refractivity contribution >= 4 is 5.97 Å². The molecule has 4 heteroatoms. The predicted molar refractivity (Wildman–Crippen MR) is 54.9 cm³/mol. The molecule has 76 valence electrons. The zero-order valence-corrected chi connectivity index (χ0v) is 8.25. The average molecular weight is 202 g/mol. The van der Waals surface area contributed by atoms with Crippen LogP contribution in [0.15, 0.2) is 42.7 Å². The molecule has 2 aromatic rings. The van der Waals surface area contributed by atoms with Crippen LogP contribution < -0.4 is 0 Å². The lowest BCUT2D eigenvalue weighted by molar-refractivity contribution is 0.0600. The molecule has 1 aromatic carbocycles. The highest BCUT2D eigenvalue weighted by atomic mass is 16.5. The smallest absolute Gasteiger partial charge is 0.340 e. The van der Waals surface area contributed by atoms with Gasteiger partial charge in [0.25, 0.3) is 0 Å². The lowest BCUT2D eigenvalue weighted by Gasteiger charge is -2.06. The summed E-state index contributed by atoms with van der Waals surface area (Å²) in [6, 6.07) is 8.97. The highest BCUT2D eigenvalue weighted by molar-refractivity contribution is 5.93. The quantitative estimate of drug-likeness (QED) is 0.695. The maximum atomic E-state index is 11.5. The van der Waals surface area contributed by atoms with Crippen molar-refractivity contribution in [3.63, 3.8) is 0 Å². The molecule has 0 aliphatic heterocycles. The maximum Gasteiger partial charge on any atom is 0.340 e. The summed E-state index contributed by atoms with van der Waals surface area (Å²) in [4.78, 5) is 11.5. The summed E-state index contributed by atoms with van der Waals surface area (Å²) in [5.41, 5.74) is 1.22. The van der Waals surface area contributed by atoms with E-state index in [1.165, 1.54) is 7.11 Å². The predicted octanol–water partition coefficient (Wildman–Crippen LogP) is 1.66. The Morgan fingerprint density at radius 2 is 2.13 bits per heavy atom. The van der Waals surface area contributed by atoms with Crippen LogP contribution in [0.4, 0.5) is 0 Å².